The highest BCUT2D eigenvalue weighted by molar-refractivity contribution is 5.94. The number of aromatic nitrogens is 2. The van der Waals surface area contributed by atoms with Crippen LogP contribution >= 0.6 is 0 Å². The van der Waals surface area contributed by atoms with Crippen LogP contribution in [0.4, 0.5) is 0 Å². The van der Waals surface area contributed by atoms with Crippen molar-refractivity contribution in [1.29, 1.82) is 0 Å². The Morgan fingerprint density at radius 2 is 1.94 bits per heavy atom. The highest BCUT2D eigenvalue weighted by Gasteiger charge is 2.20. The Labute approximate surface area is 180 Å². The summed E-state index contributed by atoms with van der Waals surface area (Å²) in [4.78, 5) is 30.0. The van der Waals surface area contributed by atoms with Crippen molar-refractivity contribution in [2.24, 2.45) is 0 Å². The third-order valence-corrected chi connectivity index (χ3v) is 5.04. The van der Waals surface area contributed by atoms with E-state index in [9.17, 15) is 9.59 Å². The zero-order chi connectivity index (χ0) is 21.8. The van der Waals surface area contributed by atoms with Crippen molar-refractivity contribution in [2.45, 2.75) is 33.0 Å². The summed E-state index contributed by atoms with van der Waals surface area (Å²) in [6.45, 7) is 4.21. The van der Waals surface area contributed by atoms with E-state index in [4.69, 9.17) is 4.42 Å². The van der Waals surface area contributed by atoms with Crippen LogP contribution < -0.4 is 10.6 Å². The van der Waals surface area contributed by atoms with Gasteiger partial charge in [0.15, 0.2) is 0 Å². The van der Waals surface area contributed by atoms with Crippen LogP contribution in [-0.4, -0.2) is 21.4 Å². The maximum absolute atomic E-state index is 12.7. The predicted molar refractivity (Wildman–Crippen MR) is 117 cm³/mol. The molecule has 0 aliphatic rings. The standard InChI is InChI=1S/C24H24N4O3/c1-16-7-5-8-18(13-16)24(30)26-17(2)23-27-20-10-3-4-11-21(20)28(23)15-22(29)25-14-19-9-6-12-31-19/h3-13,17H,14-15H2,1-2H3,(H,25,29)(H,26,30). The number of carbonyl (C=O) groups excluding carboxylic acids is 2. The molecule has 0 bridgehead atoms. The van der Waals surface area contributed by atoms with Crippen molar-refractivity contribution >= 4 is 22.8 Å². The summed E-state index contributed by atoms with van der Waals surface area (Å²) in [7, 11) is 0. The first-order valence-corrected chi connectivity index (χ1v) is 10.1. The van der Waals surface area contributed by atoms with E-state index in [0.29, 0.717) is 23.7 Å². The second-order valence-electron chi connectivity index (χ2n) is 7.47. The molecule has 2 amide bonds. The number of furan rings is 1. The largest absolute Gasteiger partial charge is 0.467 e. The summed E-state index contributed by atoms with van der Waals surface area (Å²) in [5, 5.41) is 5.86. The number of fused-ring (bicyclic) bond motifs is 1. The van der Waals surface area contributed by atoms with Gasteiger partial charge in [-0.25, -0.2) is 4.98 Å². The Morgan fingerprint density at radius 1 is 1.10 bits per heavy atom. The number of rotatable bonds is 7. The van der Waals surface area contributed by atoms with Crippen molar-refractivity contribution in [2.75, 3.05) is 0 Å². The molecule has 0 saturated carbocycles. The van der Waals surface area contributed by atoms with Crippen LogP contribution in [-0.2, 0) is 17.9 Å². The second kappa shape index (κ2) is 8.87. The normalized spacial score (nSPS) is 11.9. The maximum atomic E-state index is 12.7. The minimum atomic E-state index is -0.390. The van der Waals surface area contributed by atoms with Crippen molar-refractivity contribution in [1.82, 2.24) is 20.2 Å². The van der Waals surface area contributed by atoms with Crippen molar-refractivity contribution in [3.05, 3.63) is 89.6 Å². The Bertz CT molecular complexity index is 1210. The Morgan fingerprint density at radius 3 is 2.71 bits per heavy atom. The van der Waals surface area contributed by atoms with Gasteiger partial charge in [-0.15, -0.1) is 0 Å². The van der Waals surface area contributed by atoms with Crippen LogP contribution in [0.25, 0.3) is 11.0 Å². The number of nitrogens with one attached hydrogen (secondary N) is 2. The van der Waals surface area contributed by atoms with Crippen molar-refractivity contribution in [3.8, 4) is 0 Å². The van der Waals surface area contributed by atoms with Gasteiger partial charge in [-0.2, -0.15) is 0 Å². The van der Waals surface area contributed by atoms with Gasteiger partial charge in [-0.3, -0.25) is 9.59 Å². The van der Waals surface area contributed by atoms with E-state index in [1.54, 1.807) is 24.5 Å². The SMILES string of the molecule is Cc1cccc(C(=O)NC(C)c2nc3ccccc3n2CC(=O)NCc2ccco2)c1. The van der Waals surface area contributed by atoms with Crippen LogP contribution in [0.2, 0.25) is 0 Å². The molecule has 2 aromatic carbocycles. The van der Waals surface area contributed by atoms with Gasteiger partial charge in [-0.05, 0) is 50.2 Å². The number of benzene rings is 2. The summed E-state index contributed by atoms with van der Waals surface area (Å²) < 4.78 is 7.11. The first-order valence-electron chi connectivity index (χ1n) is 10.1. The molecule has 31 heavy (non-hydrogen) atoms. The van der Waals surface area contributed by atoms with Crippen LogP contribution in [0.3, 0.4) is 0 Å². The van der Waals surface area contributed by atoms with Gasteiger partial charge in [0.2, 0.25) is 5.91 Å². The molecule has 0 spiro atoms. The van der Waals surface area contributed by atoms with Crippen LogP contribution in [0.1, 0.15) is 40.5 Å². The number of aryl methyl sites for hydroxylation is 1. The average molecular weight is 416 g/mol. The lowest BCUT2D eigenvalue weighted by Crippen LogP contribution is -2.31. The number of nitrogens with zero attached hydrogens (tertiary/aromatic N) is 2. The molecule has 0 fully saturated rings. The minimum absolute atomic E-state index is 0.0845. The molecule has 0 aliphatic heterocycles. The molecule has 7 nitrogen and oxygen atoms in total. The van der Waals surface area contributed by atoms with E-state index in [2.05, 4.69) is 15.6 Å². The number of hydrogen-bond donors (Lipinski definition) is 2. The summed E-state index contributed by atoms with van der Waals surface area (Å²) >= 11 is 0. The molecule has 2 N–H and O–H groups in total. The highest BCUT2D eigenvalue weighted by atomic mass is 16.3. The fourth-order valence-corrected chi connectivity index (χ4v) is 3.52. The van der Waals surface area contributed by atoms with Crippen LogP contribution in [0.5, 0.6) is 0 Å². The molecule has 1 atom stereocenters. The molecular formula is C24H24N4O3. The van der Waals surface area contributed by atoms with Gasteiger partial charge in [0.25, 0.3) is 5.91 Å². The smallest absolute Gasteiger partial charge is 0.251 e. The number of amides is 2. The molecule has 2 heterocycles. The van der Waals surface area contributed by atoms with Gasteiger partial charge < -0.3 is 19.6 Å². The molecule has 158 valence electrons. The van der Waals surface area contributed by atoms with Gasteiger partial charge in [-0.1, -0.05) is 29.8 Å². The lowest BCUT2D eigenvalue weighted by molar-refractivity contribution is -0.121. The predicted octanol–water partition coefficient (Wildman–Crippen LogP) is 3.75. The van der Waals surface area contributed by atoms with E-state index in [1.165, 1.54) is 0 Å². The Balaban J connectivity index is 1.55. The monoisotopic (exact) mass is 416 g/mol. The number of carbonyl (C=O) groups is 2. The lowest BCUT2D eigenvalue weighted by atomic mass is 10.1. The zero-order valence-corrected chi connectivity index (χ0v) is 17.5. The number of imidazole rings is 1. The second-order valence-corrected chi connectivity index (χ2v) is 7.47. The quantitative estimate of drug-likeness (QED) is 0.480. The molecule has 0 saturated heterocycles. The molecule has 7 heteroatoms. The third-order valence-electron chi connectivity index (χ3n) is 5.04. The van der Waals surface area contributed by atoms with Crippen LogP contribution in [0, 0.1) is 6.92 Å². The van der Waals surface area contributed by atoms with Crippen molar-refractivity contribution in [3.63, 3.8) is 0 Å². The first-order chi connectivity index (χ1) is 15.0. The van der Waals surface area contributed by atoms with E-state index in [1.807, 2.05) is 60.9 Å². The molecule has 2 aromatic heterocycles. The molecule has 1 unspecified atom stereocenters. The van der Waals surface area contributed by atoms with E-state index >= 15 is 0 Å². The fraction of sp³-hybridized carbons (Fsp3) is 0.208. The maximum Gasteiger partial charge on any atom is 0.251 e. The molecule has 0 aliphatic carbocycles. The zero-order valence-electron chi connectivity index (χ0n) is 17.5. The summed E-state index contributed by atoms with van der Waals surface area (Å²) in [6, 6.07) is 18.2. The Hall–Kier alpha value is -3.87. The van der Waals surface area contributed by atoms with Gasteiger partial charge in [0, 0.05) is 5.56 Å². The van der Waals surface area contributed by atoms with Gasteiger partial charge >= 0.3 is 0 Å². The van der Waals surface area contributed by atoms with Crippen molar-refractivity contribution < 1.29 is 14.0 Å². The van der Waals surface area contributed by atoms with E-state index < -0.39 is 6.04 Å². The Kier molecular flexibility index (Phi) is 5.84. The lowest BCUT2D eigenvalue weighted by Gasteiger charge is -2.16. The molecule has 4 rings (SSSR count). The van der Waals surface area contributed by atoms with E-state index in [-0.39, 0.29) is 18.4 Å². The number of para-hydroxylation sites is 2. The molecule has 4 aromatic rings. The third kappa shape index (κ3) is 4.66. The summed E-state index contributed by atoms with van der Waals surface area (Å²) in [6.07, 6.45) is 1.57. The van der Waals surface area contributed by atoms with Gasteiger partial charge in [0.1, 0.15) is 18.1 Å². The summed E-state index contributed by atoms with van der Waals surface area (Å²) in [5.74, 6) is 0.952. The minimum Gasteiger partial charge on any atom is -0.467 e. The highest BCUT2D eigenvalue weighted by Crippen LogP contribution is 2.21. The average Bonchev–Trinajstić information content (AvgIpc) is 3.40. The number of hydrogen-bond acceptors (Lipinski definition) is 4. The first kappa shape index (κ1) is 20.4. The topological polar surface area (TPSA) is 89.2 Å². The van der Waals surface area contributed by atoms with Gasteiger partial charge in [0.05, 0.1) is 29.9 Å². The molecular weight excluding hydrogens is 392 g/mol. The van der Waals surface area contributed by atoms with Crippen LogP contribution in [0.15, 0.2) is 71.3 Å². The summed E-state index contributed by atoms with van der Waals surface area (Å²) in [5.41, 5.74) is 3.21. The molecule has 0 radical (unpaired) electrons. The van der Waals surface area contributed by atoms with E-state index in [0.717, 1.165) is 16.6 Å². The fourth-order valence-electron chi connectivity index (χ4n) is 3.52.